The van der Waals surface area contributed by atoms with Crippen LogP contribution in [0.3, 0.4) is 0 Å². The molecule has 0 aliphatic carbocycles. The summed E-state index contributed by atoms with van der Waals surface area (Å²) in [5, 5.41) is 4.82. The van der Waals surface area contributed by atoms with E-state index in [0.29, 0.717) is 17.8 Å². The predicted molar refractivity (Wildman–Crippen MR) is 77.0 cm³/mol. The fourth-order valence-electron chi connectivity index (χ4n) is 1.71. The summed E-state index contributed by atoms with van der Waals surface area (Å²) < 4.78 is 0. The molecule has 3 nitrogen and oxygen atoms in total. The van der Waals surface area contributed by atoms with Gasteiger partial charge in [-0.2, -0.15) is 0 Å². The maximum atomic E-state index is 11.9. The van der Waals surface area contributed by atoms with Gasteiger partial charge in [-0.15, -0.1) is 11.3 Å². The lowest BCUT2D eigenvalue weighted by Gasteiger charge is -2.10. The maximum Gasteiger partial charge on any atom is 0.229 e. The molecule has 0 radical (unpaired) electrons. The van der Waals surface area contributed by atoms with Crippen LogP contribution in [0.25, 0.3) is 0 Å². The summed E-state index contributed by atoms with van der Waals surface area (Å²) in [7, 11) is 0. The number of hydrogen-bond donors (Lipinski definition) is 2. The summed E-state index contributed by atoms with van der Waals surface area (Å²) in [4.78, 5) is 12.9. The summed E-state index contributed by atoms with van der Waals surface area (Å²) in [6.07, 6.45) is 0.393. The van der Waals surface area contributed by atoms with E-state index in [1.54, 1.807) is 11.3 Å². The van der Waals surface area contributed by atoms with Crippen molar-refractivity contribution in [1.82, 2.24) is 0 Å². The first-order chi connectivity index (χ1) is 8.56. The molecule has 3 N–H and O–H groups in total. The lowest BCUT2D eigenvalue weighted by Crippen LogP contribution is -2.15. The Hall–Kier alpha value is -1.81. The molecule has 2 aromatic rings. The number of thiophene rings is 1. The van der Waals surface area contributed by atoms with Crippen molar-refractivity contribution in [3.05, 3.63) is 45.6 Å². The average molecular weight is 260 g/mol. The van der Waals surface area contributed by atoms with Crippen LogP contribution in [0, 0.1) is 13.8 Å². The van der Waals surface area contributed by atoms with Crippen molar-refractivity contribution in [1.29, 1.82) is 0 Å². The molecule has 1 aromatic heterocycles. The van der Waals surface area contributed by atoms with Crippen LogP contribution >= 0.6 is 11.3 Å². The summed E-state index contributed by atoms with van der Waals surface area (Å²) in [5.74, 6) is -0.0348. The molecule has 0 saturated heterocycles. The van der Waals surface area contributed by atoms with Gasteiger partial charge in [0.05, 0.1) is 17.8 Å². The molecule has 0 saturated carbocycles. The third-order valence-corrected chi connectivity index (χ3v) is 3.73. The molecule has 1 aromatic carbocycles. The molecule has 1 amide bonds. The number of nitrogen functional groups attached to an aromatic ring is 1. The Morgan fingerprint density at radius 1 is 1.33 bits per heavy atom. The smallest absolute Gasteiger partial charge is 0.229 e. The first-order valence-corrected chi connectivity index (χ1v) is 6.63. The lowest BCUT2D eigenvalue weighted by molar-refractivity contribution is -0.115. The van der Waals surface area contributed by atoms with Gasteiger partial charge in [-0.1, -0.05) is 6.07 Å². The fourth-order valence-corrected chi connectivity index (χ4v) is 2.42. The number of carbonyl (C=O) groups is 1. The van der Waals surface area contributed by atoms with E-state index in [-0.39, 0.29) is 5.91 Å². The van der Waals surface area contributed by atoms with Crippen molar-refractivity contribution in [2.75, 3.05) is 11.1 Å². The van der Waals surface area contributed by atoms with Gasteiger partial charge in [-0.25, -0.2) is 0 Å². The van der Waals surface area contributed by atoms with Crippen LogP contribution in [0.2, 0.25) is 0 Å². The highest BCUT2D eigenvalue weighted by atomic mass is 32.1. The third kappa shape index (κ3) is 2.90. The second-order valence-corrected chi connectivity index (χ2v) is 5.36. The van der Waals surface area contributed by atoms with Crippen molar-refractivity contribution in [3.63, 3.8) is 0 Å². The summed E-state index contributed by atoms with van der Waals surface area (Å²) >= 11 is 1.58. The zero-order valence-corrected chi connectivity index (χ0v) is 11.3. The van der Waals surface area contributed by atoms with E-state index in [9.17, 15) is 4.79 Å². The summed E-state index contributed by atoms with van der Waals surface area (Å²) in [6.45, 7) is 4.01. The minimum atomic E-state index is -0.0348. The molecule has 0 unspecified atom stereocenters. The van der Waals surface area contributed by atoms with Crippen LogP contribution < -0.4 is 11.1 Å². The highest BCUT2D eigenvalue weighted by molar-refractivity contribution is 7.10. The summed E-state index contributed by atoms with van der Waals surface area (Å²) in [6, 6.07) is 7.69. The molecule has 18 heavy (non-hydrogen) atoms. The van der Waals surface area contributed by atoms with Crippen molar-refractivity contribution in [2.45, 2.75) is 20.3 Å². The van der Waals surface area contributed by atoms with E-state index in [0.717, 1.165) is 16.0 Å². The first-order valence-electron chi connectivity index (χ1n) is 5.75. The first kappa shape index (κ1) is 12.6. The Labute approximate surface area is 111 Å². The van der Waals surface area contributed by atoms with Gasteiger partial charge in [-0.3, -0.25) is 4.79 Å². The number of nitrogens with two attached hydrogens (primary N) is 1. The Morgan fingerprint density at radius 3 is 2.72 bits per heavy atom. The third-order valence-electron chi connectivity index (χ3n) is 2.85. The van der Waals surface area contributed by atoms with Gasteiger partial charge in [-0.05, 0) is 48.6 Å². The molecule has 0 aliphatic rings. The minimum Gasteiger partial charge on any atom is -0.397 e. The molecular formula is C14H16N2OS. The zero-order valence-electron chi connectivity index (χ0n) is 10.5. The van der Waals surface area contributed by atoms with Crippen LogP contribution in [-0.2, 0) is 11.2 Å². The van der Waals surface area contributed by atoms with Crippen LogP contribution in [0.4, 0.5) is 11.4 Å². The van der Waals surface area contributed by atoms with Crippen molar-refractivity contribution in [3.8, 4) is 0 Å². The Kier molecular flexibility index (Phi) is 3.67. The number of rotatable bonds is 3. The van der Waals surface area contributed by atoms with Crippen LogP contribution in [0.5, 0.6) is 0 Å². The van der Waals surface area contributed by atoms with Crippen molar-refractivity contribution >= 4 is 28.6 Å². The molecule has 94 valence electrons. The van der Waals surface area contributed by atoms with Gasteiger partial charge in [0.2, 0.25) is 5.91 Å². The highest BCUT2D eigenvalue weighted by Gasteiger charge is 2.08. The van der Waals surface area contributed by atoms with Gasteiger partial charge in [0, 0.05) is 4.88 Å². The topological polar surface area (TPSA) is 55.1 Å². The minimum absolute atomic E-state index is 0.0348. The number of aryl methyl sites for hydroxylation is 2. The standard InChI is InChI=1S/C14H16N2OS/c1-9-6-12(15)13(7-10(9)2)16-14(17)8-11-4-3-5-18-11/h3-7H,8,15H2,1-2H3,(H,16,17). The van der Waals surface area contributed by atoms with E-state index < -0.39 is 0 Å². The van der Waals surface area contributed by atoms with E-state index >= 15 is 0 Å². The molecule has 0 atom stereocenters. The Morgan fingerprint density at radius 2 is 2.06 bits per heavy atom. The lowest BCUT2D eigenvalue weighted by atomic mass is 10.1. The number of hydrogen-bond acceptors (Lipinski definition) is 3. The highest BCUT2D eigenvalue weighted by Crippen LogP contribution is 2.23. The SMILES string of the molecule is Cc1cc(N)c(NC(=O)Cc2cccs2)cc1C. The average Bonchev–Trinajstić information content (AvgIpc) is 2.78. The van der Waals surface area contributed by atoms with E-state index in [2.05, 4.69) is 5.32 Å². The number of amides is 1. The largest absolute Gasteiger partial charge is 0.397 e. The van der Waals surface area contributed by atoms with Gasteiger partial charge >= 0.3 is 0 Å². The molecule has 1 heterocycles. The number of anilines is 2. The maximum absolute atomic E-state index is 11.9. The molecule has 0 bridgehead atoms. The van der Waals surface area contributed by atoms with Gasteiger partial charge < -0.3 is 11.1 Å². The second-order valence-electron chi connectivity index (χ2n) is 4.33. The van der Waals surface area contributed by atoms with Crippen LogP contribution in [0.15, 0.2) is 29.6 Å². The number of carbonyl (C=O) groups excluding carboxylic acids is 1. The van der Waals surface area contributed by atoms with E-state index in [1.165, 1.54) is 0 Å². The fraction of sp³-hybridized carbons (Fsp3) is 0.214. The second kappa shape index (κ2) is 5.23. The molecule has 0 spiro atoms. The molecule has 2 rings (SSSR count). The van der Waals surface area contributed by atoms with Crippen molar-refractivity contribution < 1.29 is 4.79 Å². The van der Waals surface area contributed by atoms with Gasteiger partial charge in [0.1, 0.15) is 0 Å². The van der Waals surface area contributed by atoms with E-state index in [4.69, 9.17) is 5.73 Å². The number of benzene rings is 1. The molecule has 0 aliphatic heterocycles. The summed E-state index contributed by atoms with van der Waals surface area (Å²) in [5.41, 5.74) is 9.45. The van der Waals surface area contributed by atoms with Crippen LogP contribution in [-0.4, -0.2) is 5.91 Å². The van der Waals surface area contributed by atoms with Gasteiger partial charge in [0.15, 0.2) is 0 Å². The number of nitrogens with one attached hydrogen (secondary N) is 1. The predicted octanol–water partition coefficient (Wildman–Crippen LogP) is 3.13. The van der Waals surface area contributed by atoms with Gasteiger partial charge in [0.25, 0.3) is 0 Å². The monoisotopic (exact) mass is 260 g/mol. The molecule has 0 fully saturated rings. The normalized spacial score (nSPS) is 10.3. The zero-order chi connectivity index (χ0) is 13.1. The molecular weight excluding hydrogens is 244 g/mol. The Balaban J connectivity index is 2.09. The van der Waals surface area contributed by atoms with E-state index in [1.807, 2.05) is 43.5 Å². The van der Waals surface area contributed by atoms with Crippen LogP contribution in [0.1, 0.15) is 16.0 Å². The quantitative estimate of drug-likeness (QED) is 0.833. The molecule has 4 heteroatoms. The van der Waals surface area contributed by atoms with Crippen molar-refractivity contribution in [2.24, 2.45) is 0 Å². The Bertz CT molecular complexity index is 561.